The summed E-state index contributed by atoms with van der Waals surface area (Å²) in [7, 11) is 1.65. The zero-order chi connectivity index (χ0) is 20.4. The van der Waals surface area contributed by atoms with Crippen molar-refractivity contribution in [2.75, 3.05) is 5.32 Å². The van der Waals surface area contributed by atoms with Crippen LogP contribution in [0.3, 0.4) is 0 Å². The van der Waals surface area contributed by atoms with Crippen molar-refractivity contribution in [1.82, 2.24) is 35.4 Å². The van der Waals surface area contributed by atoms with Gasteiger partial charge >= 0.3 is 5.97 Å². The molecule has 3 heterocycles. The summed E-state index contributed by atoms with van der Waals surface area (Å²) in [6.45, 7) is 0. The van der Waals surface area contributed by atoms with Gasteiger partial charge in [0, 0.05) is 25.1 Å². The van der Waals surface area contributed by atoms with Crippen LogP contribution in [-0.2, 0) is 7.05 Å². The van der Waals surface area contributed by atoms with Crippen LogP contribution in [0.5, 0.6) is 0 Å². The molecule has 0 atom stereocenters. The van der Waals surface area contributed by atoms with Gasteiger partial charge in [0.05, 0.1) is 5.39 Å². The molecule has 11 heteroatoms. The van der Waals surface area contributed by atoms with Gasteiger partial charge in [-0.25, -0.2) is 14.5 Å². The lowest BCUT2D eigenvalue weighted by Gasteiger charge is -2.06. The summed E-state index contributed by atoms with van der Waals surface area (Å²) in [6.07, 6.45) is 3.10. The van der Waals surface area contributed by atoms with Gasteiger partial charge in [0.1, 0.15) is 11.6 Å². The summed E-state index contributed by atoms with van der Waals surface area (Å²) in [6, 6.07) is 11.0. The number of aromatic carboxylic acids is 1. The normalized spacial score (nSPS) is 11.4. The summed E-state index contributed by atoms with van der Waals surface area (Å²) >= 11 is 0. The van der Waals surface area contributed by atoms with Crippen LogP contribution in [0.25, 0.3) is 27.7 Å². The molecule has 0 aliphatic carbocycles. The number of carboxylic acid groups (broad SMARTS) is 1. The van der Waals surface area contributed by atoms with E-state index in [1.54, 1.807) is 31.4 Å². The zero-order valence-corrected chi connectivity index (χ0v) is 15.0. The maximum Gasteiger partial charge on any atom is 0.357 e. The minimum Gasteiger partial charge on any atom is -0.476 e. The number of nitriles is 1. The average Bonchev–Trinajstić information content (AvgIpc) is 3.38. The van der Waals surface area contributed by atoms with Crippen LogP contribution in [0.4, 0.5) is 5.69 Å². The average molecular weight is 387 g/mol. The number of rotatable bonds is 5. The lowest BCUT2D eigenvalue weighted by atomic mass is 10.0. The minimum atomic E-state index is -1.11. The number of tetrazole rings is 1. The minimum absolute atomic E-state index is 0.0468. The number of allylic oxidation sites excluding steroid dienone is 1. The van der Waals surface area contributed by atoms with E-state index in [0.29, 0.717) is 16.6 Å². The molecule has 29 heavy (non-hydrogen) atoms. The predicted molar refractivity (Wildman–Crippen MR) is 102 cm³/mol. The SMILES string of the molecule is Cn1nc(C(=O)O)c2c(-c3ccc(NC=C(C#N)c4nn[nH]n4)cc3)ccnc21. The van der Waals surface area contributed by atoms with Gasteiger partial charge < -0.3 is 10.4 Å². The van der Waals surface area contributed by atoms with Crippen molar-refractivity contribution in [2.45, 2.75) is 0 Å². The third-order valence-corrected chi connectivity index (χ3v) is 4.21. The molecular weight excluding hydrogens is 374 g/mol. The third kappa shape index (κ3) is 3.26. The molecule has 3 N–H and O–H groups in total. The molecule has 0 spiro atoms. The molecule has 142 valence electrons. The first-order valence-electron chi connectivity index (χ1n) is 8.34. The van der Waals surface area contributed by atoms with Crippen molar-refractivity contribution in [3.05, 3.63) is 54.2 Å². The Morgan fingerprint density at radius 3 is 2.76 bits per heavy atom. The van der Waals surface area contributed by atoms with E-state index in [1.807, 2.05) is 18.2 Å². The van der Waals surface area contributed by atoms with E-state index in [1.165, 1.54) is 10.9 Å². The van der Waals surface area contributed by atoms with Crippen LogP contribution in [0, 0.1) is 11.3 Å². The highest BCUT2D eigenvalue weighted by molar-refractivity contribution is 6.06. The Labute approximate surface area is 163 Å². The number of H-pyrrole nitrogens is 1. The second-order valence-corrected chi connectivity index (χ2v) is 5.96. The summed E-state index contributed by atoms with van der Waals surface area (Å²) < 4.78 is 1.45. The van der Waals surface area contributed by atoms with E-state index in [0.717, 1.165) is 11.3 Å². The van der Waals surface area contributed by atoms with Crippen molar-refractivity contribution < 1.29 is 9.90 Å². The Kier molecular flexibility index (Phi) is 4.42. The van der Waals surface area contributed by atoms with Crippen molar-refractivity contribution in [2.24, 2.45) is 7.05 Å². The summed E-state index contributed by atoms with van der Waals surface area (Å²) in [5, 5.41) is 39.5. The second-order valence-electron chi connectivity index (χ2n) is 5.96. The molecule has 11 nitrogen and oxygen atoms in total. The van der Waals surface area contributed by atoms with Crippen LogP contribution in [0.15, 0.2) is 42.7 Å². The van der Waals surface area contributed by atoms with Gasteiger partial charge in [-0.2, -0.15) is 15.6 Å². The van der Waals surface area contributed by atoms with Crippen LogP contribution in [0.2, 0.25) is 0 Å². The highest BCUT2D eigenvalue weighted by Gasteiger charge is 2.19. The summed E-state index contributed by atoms with van der Waals surface area (Å²) in [4.78, 5) is 15.8. The van der Waals surface area contributed by atoms with Crippen molar-refractivity contribution in [3.8, 4) is 17.2 Å². The molecule has 4 rings (SSSR count). The van der Waals surface area contributed by atoms with E-state index in [2.05, 4.69) is 36.0 Å². The van der Waals surface area contributed by atoms with Crippen LogP contribution in [0.1, 0.15) is 16.3 Å². The molecule has 0 saturated carbocycles. The molecule has 3 aromatic heterocycles. The van der Waals surface area contributed by atoms with Gasteiger partial charge in [-0.05, 0) is 34.5 Å². The lowest BCUT2D eigenvalue weighted by Crippen LogP contribution is -1.99. The standard InChI is InChI=1S/C18H13N9O2/c1-27-17-14(15(24-27)18(28)29)13(6-7-20-17)10-2-4-12(5-3-10)21-9-11(8-19)16-22-25-26-23-16/h2-7,9,21H,1H3,(H,28,29)(H,22,23,25,26). The van der Waals surface area contributed by atoms with Gasteiger partial charge in [-0.1, -0.05) is 12.1 Å². The second kappa shape index (κ2) is 7.20. The number of benzene rings is 1. The van der Waals surface area contributed by atoms with Crippen molar-refractivity contribution in [1.29, 1.82) is 5.26 Å². The van der Waals surface area contributed by atoms with Crippen LogP contribution >= 0.6 is 0 Å². The first-order valence-corrected chi connectivity index (χ1v) is 8.34. The molecule has 0 aliphatic rings. The number of carboxylic acids is 1. The third-order valence-electron chi connectivity index (χ3n) is 4.21. The Balaban J connectivity index is 1.67. The zero-order valence-electron chi connectivity index (χ0n) is 15.0. The van der Waals surface area contributed by atoms with Gasteiger partial charge in [0.25, 0.3) is 0 Å². The monoisotopic (exact) mass is 387 g/mol. The molecule has 0 bridgehead atoms. The fraction of sp³-hybridized carbons (Fsp3) is 0.0556. The van der Waals surface area contributed by atoms with Crippen LogP contribution in [-0.4, -0.2) is 46.5 Å². The topological polar surface area (TPSA) is 158 Å². The number of nitrogens with zero attached hydrogens (tertiary/aromatic N) is 7. The van der Waals surface area contributed by atoms with Gasteiger partial charge in [0.2, 0.25) is 5.82 Å². The molecule has 0 saturated heterocycles. The summed E-state index contributed by atoms with van der Waals surface area (Å²) in [5.74, 6) is -0.924. The number of hydrogen-bond acceptors (Lipinski definition) is 8. The highest BCUT2D eigenvalue weighted by atomic mass is 16.4. The molecule has 0 amide bonds. The molecule has 0 fully saturated rings. The maximum absolute atomic E-state index is 11.6. The lowest BCUT2D eigenvalue weighted by molar-refractivity contribution is 0.0691. The maximum atomic E-state index is 11.6. The fourth-order valence-electron chi connectivity index (χ4n) is 2.89. The quantitative estimate of drug-likeness (QED) is 0.434. The first-order chi connectivity index (χ1) is 14.1. The number of carbonyl (C=O) groups is 1. The van der Waals surface area contributed by atoms with E-state index in [4.69, 9.17) is 0 Å². The van der Waals surface area contributed by atoms with Gasteiger partial charge in [0.15, 0.2) is 11.3 Å². The number of aromatic nitrogens is 7. The molecule has 0 radical (unpaired) electrons. The molecule has 4 aromatic rings. The first kappa shape index (κ1) is 17.8. The number of hydrogen-bond donors (Lipinski definition) is 3. The Morgan fingerprint density at radius 2 is 2.10 bits per heavy atom. The van der Waals surface area contributed by atoms with Crippen molar-refractivity contribution in [3.63, 3.8) is 0 Å². The van der Waals surface area contributed by atoms with E-state index >= 15 is 0 Å². The van der Waals surface area contributed by atoms with Crippen molar-refractivity contribution >= 4 is 28.3 Å². The Morgan fingerprint density at radius 1 is 1.31 bits per heavy atom. The van der Waals surface area contributed by atoms with E-state index in [-0.39, 0.29) is 17.1 Å². The number of anilines is 1. The number of nitrogens with one attached hydrogen (secondary N) is 2. The molecular formula is C18H13N9O2. The number of aryl methyl sites for hydroxylation is 1. The van der Waals surface area contributed by atoms with Gasteiger partial charge in [-0.3, -0.25) is 0 Å². The Bertz CT molecular complexity index is 1270. The molecule has 0 aliphatic heterocycles. The van der Waals surface area contributed by atoms with E-state index in [9.17, 15) is 15.2 Å². The van der Waals surface area contributed by atoms with Gasteiger partial charge in [-0.15, -0.1) is 10.2 Å². The predicted octanol–water partition coefficient (Wildman–Crippen LogP) is 1.82. The molecule has 0 unspecified atom stereocenters. The number of pyridine rings is 1. The van der Waals surface area contributed by atoms with Crippen LogP contribution < -0.4 is 5.32 Å². The molecule has 1 aromatic carbocycles. The Hall–Kier alpha value is -4.59. The summed E-state index contributed by atoms with van der Waals surface area (Å²) in [5.41, 5.74) is 2.91. The number of fused-ring (bicyclic) bond motifs is 1. The number of aromatic amines is 1. The largest absolute Gasteiger partial charge is 0.476 e. The fourth-order valence-corrected chi connectivity index (χ4v) is 2.89. The highest BCUT2D eigenvalue weighted by Crippen LogP contribution is 2.30. The smallest absolute Gasteiger partial charge is 0.357 e. The van der Waals surface area contributed by atoms with E-state index < -0.39 is 5.97 Å².